The zero-order chi connectivity index (χ0) is 20.6. The van der Waals surface area contributed by atoms with Gasteiger partial charge in [-0.1, -0.05) is 60.2 Å². The van der Waals surface area contributed by atoms with Gasteiger partial charge in [0.25, 0.3) is 0 Å². The molecule has 0 radical (unpaired) electrons. The summed E-state index contributed by atoms with van der Waals surface area (Å²) in [6.45, 7) is 4.94. The van der Waals surface area contributed by atoms with Crippen molar-refractivity contribution in [2.45, 2.75) is 26.2 Å². The fourth-order valence-electron chi connectivity index (χ4n) is 3.30. The number of carboxylic acids is 1. The molecule has 0 aliphatic carbocycles. The van der Waals surface area contributed by atoms with Gasteiger partial charge in [-0.3, -0.25) is 4.79 Å². The Morgan fingerprint density at radius 3 is 2.38 bits per heavy atom. The summed E-state index contributed by atoms with van der Waals surface area (Å²) in [6, 6.07) is 23.0. The zero-order valence-electron chi connectivity index (χ0n) is 16.8. The summed E-state index contributed by atoms with van der Waals surface area (Å²) in [5.74, 6) is 0.160. The van der Waals surface area contributed by atoms with E-state index in [1.807, 2.05) is 73.7 Å². The van der Waals surface area contributed by atoms with Gasteiger partial charge in [0.1, 0.15) is 24.7 Å². The molecule has 29 heavy (non-hydrogen) atoms. The normalized spacial score (nSPS) is 11.7. The van der Waals surface area contributed by atoms with Crippen LogP contribution in [0.4, 0.5) is 0 Å². The van der Waals surface area contributed by atoms with E-state index in [9.17, 15) is 9.90 Å². The largest absolute Gasteiger partial charge is 0.490 e. The highest BCUT2D eigenvalue weighted by Crippen LogP contribution is 2.24. The molecule has 0 saturated carbocycles. The van der Waals surface area contributed by atoms with E-state index >= 15 is 0 Å². The minimum absolute atomic E-state index is 0.412. The molecule has 3 aromatic carbocycles. The van der Waals surface area contributed by atoms with Gasteiger partial charge in [0.2, 0.25) is 0 Å². The van der Waals surface area contributed by atoms with Crippen LogP contribution in [0.5, 0.6) is 11.5 Å². The number of aliphatic carboxylic acids is 1. The van der Waals surface area contributed by atoms with Crippen LogP contribution in [0.25, 0.3) is 0 Å². The molecule has 3 aromatic rings. The number of benzene rings is 3. The Bertz CT molecular complexity index is 950. The predicted octanol–water partition coefficient (Wildman–Crippen LogP) is 5.17. The Balaban J connectivity index is 1.57. The summed E-state index contributed by atoms with van der Waals surface area (Å²) >= 11 is 0. The molecule has 0 aliphatic heterocycles. The van der Waals surface area contributed by atoms with E-state index in [1.165, 1.54) is 5.56 Å². The van der Waals surface area contributed by atoms with E-state index in [-0.39, 0.29) is 0 Å². The lowest BCUT2D eigenvalue weighted by atomic mass is 9.92. The maximum absolute atomic E-state index is 11.7. The van der Waals surface area contributed by atoms with E-state index in [4.69, 9.17) is 9.47 Å². The van der Waals surface area contributed by atoms with Crippen LogP contribution in [0.1, 0.15) is 28.2 Å². The molecular formula is C25H26O4. The molecule has 0 saturated heterocycles. The summed E-state index contributed by atoms with van der Waals surface area (Å²) in [4.78, 5) is 11.7. The van der Waals surface area contributed by atoms with Crippen molar-refractivity contribution in [3.8, 4) is 11.5 Å². The van der Waals surface area contributed by atoms with Gasteiger partial charge < -0.3 is 14.6 Å². The van der Waals surface area contributed by atoms with Crippen molar-refractivity contribution < 1.29 is 19.4 Å². The van der Waals surface area contributed by atoms with Crippen LogP contribution in [-0.2, 0) is 11.2 Å². The molecule has 0 bridgehead atoms. The molecule has 1 unspecified atom stereocenters. The van der Waals surface area contributed by atoms with Crippen molar-refractivity contribution in [3.05, 3.63) is 95.1 Å². The summed E-state index contributed by atoms with van der Waals surface area (Å²) in [5, 5.41) is 9.63. The minimum atomic E-state index is -0.829. The molecule has 150 valence electrons. The molecule has 0 aliphatic rings. The maximum Gasteiger partial charge on any atom is 0.311 e. The van der Waals surface area contributed by atoms with Gasteiger partial charge in [-0.15, -0.1) is 0 Å². The molecule has 1 atom stereocenters. The topological polar surface area (TPSA) is 55.8 Å². The third-order valence-electron chi connectivity index (χ3n) is 4.78. The van der Waals surface area contributed by atoms with Crippen molar-refractivity contribution in [1.29, 1.82) is 0 Å². The molecule has 3 rings (SSSR count). The first kappa shape index (κ1) is 20.5. The van der Waals surface area contributed by atoms with Crippen molar-refractivity contribution in [1.82, 2.24) is 0 Å². The lowest BCUT2D eigenvalue weighted by molar-refractivity contribution is -0.138. The molecule has 0 fully saturated rings. The lowest BCUT2D eigenvalue weighted by Gasteiger charge is -2.14. The van der Waals surface area contributed by atoms with E-state index in [0.717, 1.165) is 22.4 Å². The second-order valence-corrected chi connectivity index (χ2v) is 7.12. The SMILES string of the molecule is Cc1ccc(OCCOc2cccc(CC(C(=O)O)c3ccccc3)c2)c(C)c1. The Kier molecular flexibility index (Phi) is 6.90. The quantitative estimate of drug-likeness (QED) is 0.512. The second kappa shape index (κ2) is 9.78. The van der Waals surface area contributed by atoms with Gasteiger partial charge in [-0.2, -0.15) is 0 Å². The Labute approximate surface area is 171 Å². The molecule has 0 aromatic heterocycles. The van der Waals surface area contributed by atoms with Gasteiger partial charge in [-0.25, -0.2) is 0 Å². The molecule has 0 spiro atoms. The van der Waals surface area contributed by atoms with Crippen LogP contribution >= 0.6 is 0 Å². The van der Waals surface area contributed by atoms with Crippen molar-refractivity contribution in [3.63, 3.8) is 0 Å². The third kappa shape index (κ3) is 5.85. The van der Waals surface area contributed by atoms with Crippen LogP contribution in [0.15, 0.2) is 72.8 Å². The van der Waals surface area contributed by atoms with Crippen molar-refractivity contribution in [2.75, 3.05) is 13.2 Å². The molecule has 4 nitrogen and oxygen atoms in total. The van der Waals surface area contributed by atoms with Gasteiger partial charge in [-0.05, 0) is 55.2 Å². The zero-order valence-corrected chi connectivity index (χ0v) is 16.8. The number of aryl methyl sites for hydroxylation is 2. The molecule has 0 amide bonds. The minimum Gasteiger partial charge on any atom is -0.490 e. The van der Waals surface area contributed by atoms with Crippen LogP contribution in [0.2, 0.25) is 0 Å². The molecular weight excluding hydrogens is 364 g/mol. The Hall–Kier alpha value is -3.27. The highest BCUT2D eigenvalue weighted by molar-refractivity contribution is 5.76. The standard InChI is InChI=1S/C25H26O4/c1-18-11-12-24(19(2)15-18)29-14-13-28-22-10-6-7-20(16-22)17-23(25(26)27)21-8-4-3-5-9-21/h3-12,15-16,23H,13-14,17H2,1-2H3,(H,26,27). The average Bonchev–Trinajstić information content (AvgIpc) is 2.71. The predicted molar refractivity (Wildman–Crippen MR) is 114 cm³/mol. The van der Waals surface area contributed by atoms with Crippen molar-refractivity contribution >= 4 is 5.97 Å². The first-order valence-corrected chi connectivity index (χ1v) is 9.72. The first-order valence-electron chi connectivity index (χ1n) is 9.72. The average molecular weight is 390 g/mol. The lowest BCUT2D eigenvalue weighted by Crippen LogP contribution is -2.14. The smallest absolute Gasteiger partial charge is 0.311 e. The summed E-state index contributed by atoms with van der Waals surface area (Å²) in [6.07, 6.45) is 0.412. The summed E-state index contributed by atoms with van der Waals surface area (Å²) in [5.41, 5.74) is 4.04. The first-order chi connectivity index (χ1) is 14.0. The third-order valence-corrected chi connectivity index (χ3v) is 4.78. The number of carbonyl (C=O) groups is 1. The highest BCUT2D eigenvalue weighted by Gasteiger charge is 2.20. The number of hydrogen-bond acceptors (Lipinski definition) is 3. The fraction of sp³-hybridized carbons (Fsp3) is 0.240. The number of rotatable bonds is 9. The number of ether oxygens (including phenoxy) is 2. The highest BCUT2D eigenvalue weighted by atomic mass is 16.5. The van der Waals surface area contributed by atoms with E-state index in [2.05, 4.69) is 13.0 Å². The van der Waals surface area contributed by atoms with Crippen LogP contribution < -0.4 is 9.47 Å². The molecule has 0 heterocycles. The monoisotopic (exact) mass is 390 g/mol. The van der Waals surface area contributed by atoms with Gasteiger partial charge >= 0.3 is 5.97 Å². The maximum atomic E-state index is 11.7. The van der Waals surface area contributed by atoms with Crippen molar-refractivity contribution in [2.24, 2.45) is 0 Å². The molecule has 1 N–H and O–H groups in total. The van der Waals surface area contributed by atoms with E-state index in [0.29, 0.717) is 25.4 Å². The fourth-order valence-corrected chi connectivity index (χ4v) is 3.30. The van der Waals surface area contributed by atoms with Gasteiger partial charge in [0.05, 0.1) is 5.92 Å². The van der Waals surface area contributed by atoms with Gasteiger partial charge in [0.15, 0.2) is 0 Å². The Morgan fingerprint density at radius 2 is 1.66 bits per heavy atom. The number of hydrogen-bond donors (Lipinski definition) is 1. The number of carboxylic acid groups (broad SMARTS) is 1. The Morgan fingerprint density at radius 1 is 0.897 bits per heavy atom. The van der Waals surface area contributed by atoms with Crippen LogP contribution in [0.3, 0.4) is 0 Å². The van der Waals surface area contributed by atoms with E-state index < -0.39 is 11.9 Å². The second-order valence-electron chi connectivity index (χ2n) is 7.12. The summed E-state index contributed by atoms with van der Waals surface area (Å²) in [7, 11) is 0. The summed E-state index contributed by atoms with van der Waals surface area (Å²) < 4.78 is 11.6. The van der Waals surface area contributed by atoms with Crippen LogP contribution in [-0.4, -0.2) is 24.3 Å². The van der Waals surface area contributed by atoms with E-state index in [1.54, 1.807) is 0 Å². The van der Waals surface area contributed by atoms with Crippen LogP contribution in [0, 0.1) is 13.8 Å². The van der Waals surface area contributed by atoms with Gasteiger partial charge in [0, 0.05) is 0 Å². The molecule has 4 heteroatoms.